The lowest BCUT2D eigenvalue weighted by atomic mass is 9.96. The molecule has 4 heterocycles. The molecule has 35 heavy (non-hydrogen) atoms. The predicted octanol–water partition coefficient (Wildman–Crippen LogP) is 3.66. The number of hydrogen-bond donors (Lipinski definition) is 3. The SMILES string of the molecule is Cc1c(-c2cc3cc(N(C(=O)O)[C@@H]4CCN(C)C[C@@H]4F)ncc3c(N)c2F)cnc2c1NCCO2. The first-order valence-electron chi connectivity index (χ1n) is 11.4. The first-order valence-corrected chi connectivity index (χ1v) is 11.4. The Kier molecular flexibility index (Phi) is 5.79. The fraction of sp³-hybridized carbons (Fsp3) is 0.375. The first-order chi connectivity index (χ1) is 16.8. The third-order valence-electron chi connectivity index (χ3n) is 6.72. The number of alkyl halides is 1. The minimum absolute atomic E-state index is 0.0644. The Bertz CT molecular complexity index is 1320. The van der Waals surface area contributed by atoms with Crippen molar-refractivity contribution in [3.8, 4) is 17.0 Å². The summed E-state index contributed by atoms with van der Waals surface area (Å²) in [6.07, 6.45) is 0.525. The van der Waals surface area contributed by atoms with Crippen molar-refractivity contribution in [2.24, 2.45) is 0 Å². The number of aromatic nitrogens is 2. The Labute approximate surface area is 200 Å². The number of pyridine rings is 2. The number of halogens is 2. The van der Waals surface area contributed by atoms with Crippen molar-refractivity contribution in [3.05, 3.63) is 35.9 Å². The van der Waals surface area contributed by atoms with Crippen molar-refractivity contribution in [1.29, 1.82) is 0 Å². The van der Waals surface area contributed by atoms with E-state index >= 15 is 4.39 Å². The molecule has 4 N–H and O–H groups in total. The zero-order valence-electron chi connectivity index (χ0n) is 19.4. The van der Waals surface area contributed by atoms with E-state index in [0.717, 1.165) is 10.5 Å². The number of piperidine rings is 1. The van der Waals surface area contributed by atoms with Crippen LogP contribution in [0.3, 0.4) is 0 Å². The van der Waals surface area contributed by atoms with E-state index in [-0.39, 0.29) is 23.6 Å². The van der Waals surface area contributed by atoms with Crippen LogP contribution < -0.4 is 20.7 Å². The van der Waals surface area contributed by atoms with Crippen LogP contribution in [-0.2, 0) is 0 Å². The van der Waals surface area contributed by atoms with Crippen molar-refractivity contribution in [2.75, 3.05) is 49.2 Å². The number of carbonyl (C=O) groups is 1. The second-order valence-electron chi connectivity index (χ2n) is 8.95. The number of ether oxygens (including phenoxy) is 1. The molecule has 5 rings (SSSR count). The molecule has 1 amide bonds. The van der Waals surface area contributed by atoms with Crippen LogP contribution in [0, 0.1) is 12.7 Å². The second kappa shape index (κ2) is 8.81. The normalized spacial score (nSPS) is 20.1. The van der Waals surface area contributed by atoms with Crippen LogP contribution in [0.25, 0.3) is 21.9 Å². The minimum Gasteiger partial charge on any atom is -0.474 e. The number of fused-ring (bicyclic) bond motifs is 2. The molecule has 1 saturated heterocycles. The Morgan fingerprint density at radius 2 is 2.11 bits per heavy atom. The highest BCUT2D eigenvalue weighted by atomic mass is 19.1. The molecule has 11 heteroatoms. The summed E-state index contributed by atoms with van der Waals surface area (Å²) in [5.74, 6) is -0.105. The van der Waals surface area contributed by atoms with Gasteiger partial charge in [-0.05, 0) is 43.5 Å². The summed E-state index contributed by atoms with van der Waals surface area (Å²) in [6, 6.07) is 2.23. The topological polar surface area (TPSA) is 117 Å². The van der Waals surface area contributed by atoms with E-state index in [1.54, 1.807) is 13.1 Å². The zero-order valence-corrected chi connectivity index (χ0v) is 19.4. The van der Waals surface area contributed by atoms with Crippen molar-refractivity contribution < 1.29 is 23.4 Å². The van der Waals surface area contributed by atoms with E-state index in [1.807, 2.05) is 11.8 Å². The van der Waals surface area contributed by atoms with Gasteiger partial charge in [0.1, 0.15) is 24.3 Å². The highest BCUT2D eigenvalue weighted by Gasteiger charge is 2.36. The number of hydrogen-bond acceptors (Lipinski definition) is 7. The second-order valence-corrected chi connectivity index (χ2v) is 8.95. The van der Waals surface area contributed by atoms with E-state index < -0.39 is 24.1 Å². The monoisotopic (exact) mass is 484 g/mol. The molecule has 1 aromatic carbocycles. The number of anilines is 3. The van der Waals surface area contributed by atoms with Crippen LogP contribution in [0.2, 0.25) is 0 Å². The highest BCUT2D eigenvalue weighted by Crippen LogP contribution is 2.40. The number of nitrogens with zero attached hydrogens (tertiary/aromatic N) is 4. The molecule has 9 nitrogen and oxygen atoms in total. The van der Waals surface area contributed by atoms with Crippen LogP contribution in [0.4, 0.5) is 30.8 Å². The number of benzene rings is 1. The maximum atomic E-state index is 15.4. The molecule has 3 aromatic rings. The lowest BCUT2D eigenvalue weighted by Gasteiger charge is -2.37. The van der Waals surface area contributed by atoms with Crippen LogP contribution in [0.5, 0.6) is 5.88 Å². The van der Waals surface area contributed by atoms with E-state index in [2.05, 4.69) is 15.3 Å². The molecule has 2 aliphatic rings. The van der Waals surface area contributed by atoms with Gasteiger partial charge in [-0.3, -0.25) is 4.90 Å². The molecule has 2 aromatic heterocycles. The molecule has 184 valence electrons. The van der Waals surface area contributed by atoms with Gasteiger partial charge in [0, 0.05) is 48.5 Å². The van der Waals surface area contributed by atoms with Gasteiger partial charge in [-0.15, -0.1) is 0 Å². The molecule has 2 aliphatic heterocycles. The van der Waals surface area contributed by atoms with Crippen molar-refractivity contribution in [3.63, 3.8) is 0 Å². The highest BCUT2D eigenvalue weighted by molar-refractivity contribution is 5.99. The maximum Gasteiger partial charge on any atom is 0.413 e. The summed E-state index contributed by atoms with van der Waals surface area (Å²) in [6.45, 7) is 3.62. The number of rotatable bonds is 3. The lowest BCUT2D eigenvalue weighted by molar-refractivity contribution is 0.129. The number of nitrogens with one attached hydrogen (secondary N) is 1. The van der Waals surface area contributed by atoms with Gasteiger partial charge < -0.3 is 25.8 Å². The fourth-order valence-electron chi connectivity index (χ4n) is 4.85. The molecular weight excluding hydrogens is 458 g/mol. The van der Waals surface area contributed by atoms with Gasteiger partial charge in [-0.2, -0.15) is 0 Å². The smallest absolute Gasteiger partial charge is 0.413 e. The maximum absolute atomic E-state index is 15.4. The van der Waals surface area contributed by atoms with Gasteiger partial charge in [-0.25, -0.2) is 23.5 Å². The molecule has 1 fully saturated rings. The summed E-state index contributed by atoms with van der Waals surface area (Å²) >= 11 is 0. The van der Waals surface area contributed by atoms with E-state index in [4.69, 9.17) is 10.5 Å². The molecule has 2 atom stereocenters. The van der Waals surface area contributed by atoms with Crippen LogP contribution in [0.1, 0.15) is 12.0 Å². The summed E-state index contributed by atoms with van der Waals surface area (Å²) in [4.78, 5) is 23.5. The standard InChI is InChI=1S/C24H26F2N6O3/c1-12-15(9-30-23-22(12)28-4-6-35-23)14-7-13-8-19(29-10-16(13)21(27)20(14)26)32(24(33)34)18-3-5-31(2)11-17(18)25/h7-10,17-18,28H,3-6,11,27H2,1-2H3,(H,33,34)/t17-,18+/m0/s1. The Hall–Kier alpha value is -3.73. The Balaban J connectivity index is 1.62. The molecule has 0 bridgehead atoms. The van der Waals surface area contributed by atoms with E-state index in [0.29, 0.717) is 54.0 Å². The third-order valence-corrected chi connectivity index (χ3v) is 6.72. The van der Waals surface area contributed by atoms with Gasteiger partial charge >= 0.3 is 6.09 Å². The first kappa shape index (κ1) is 23.0. The largest absolute Gasteiger partial charge is 0.474 e. The van der Waals surface area contributed by atoms with E-state index in [1.165, 1.54) is 18.5 Å². The van der Waals surface area contributed by atoms with Gasteiger partial charge in [-0.1, -0.05) is 0 Å². The molecule has 0 aliphatic carbocycles. The molecular formula is C24H26F2N6O3. The van der Waals surface area contributed by atoms with Crippen LogP contribution >= 0.6 is 0 Å². The van der Waals surface area contributed by atoms with Gasteiger partial charge in [0.05, 0.1) is 11.7 Å². The van der Waals surface area contributed by atoms with Gasteiger partial charge in [0.25, 0.3) is 0 Å². The average Bonchev–Trinajstić information content (AvgIpc) is 2.83. The third kappa shape index (κ3) is 3.95. The number of nitrogen functional groups attached to an aromatic ring is 1. The van der Waals surface area contributed by atoms with Crippen molar-refractivity contribution >= 4 is 34.1 Å². The summed E-state index contributed by atoms with van der Waals surface area (Å²) in [7, 11) is 1.79. The lowest BCUT2D eigenvalue weighted by Crippen LogP contribution is -2.53. The number of nitrogens with two attached hydrogens (primary N) is 1. The van der Waals surface area contributed by atoms with Gasteiger partial charge in [0.2, 0.25) is 5.88 Å². The molecule has 0 radical (unpaired) electrons. The zero-order chi connectivity index (χ0) is 24.9. The number of likely N-dealkylation sites (tertiary alicyclic amines) is 1. The Morgan fingerprint density at radius 3 is 2.86 bits per heavy atom. The van der Waals surface area contributed by atoms with Gasteiger partial charge in [0.15, 0.2) is 5.82 Å². The Morgan fingerprint density at radius 1 is 1.31 bits per heavy atom. The number of amides is 1. The molecule has 0 spiro atoms. The predicted molar refractivity (Wildman–Crippen MR) is 129 cm³/mol. The van der Waals surface area contributed by atoms with E-state index in [9.17, 15) is 14.3 Å². The molecule has 0 saturated carbocycles. The molecule has 0 unspecified atom stereocenters. The average molecular weight is 485 g/mol. The van der Waals surface area contributed by atoms with Crippen molar-refractivity contribution in [2.45, 2.75) is 25.6 Å². The van der Waals surface area contributed by atoms with Crippen LogP contribution in [0.15, 0.2) is 24.5 Å². The fourth-order valence-corrected chi connectivity index (χ4v) is 4.85. The minimum atomic E-state index is -1.37. The van der Waals surface area contributed by atoms with Crippen LogP contribution in [-0.4, -0.2) is 71.6 Å². The number of carboxylic acid groups (broad SMARTS) is 1. The summed E-state index contributed by atoms with van der Waals surface area (Å²) in [5, 5.41) is 14.0. The van der Waals surface area contributed by atoms with Crippen molar-refractivity contribution in [1.82, 2.24) is 14.9 Å². The summed E-state index contributed by atoms with van der Waals surface area (Å²) < 4.78 is 35.8. The quantitative estimate of drug-likeness (QED) is 0.483. The summed E-state index contributed by atoms with van der Waals surface area (Å²) in [5.41, 5.74) is 8.22.